The topological polar surface area (TPSA) is 32.5 Å². The van der Waals surface area contributed by atoms with Gasteiger partial charge in [0.05, 0.1) is 0 Å². The zero-order valence-corrected chi connectivity index (χ0v) is 12.9. The molecule has 3 nitrogen and oxygen atoms in total. The predicted molar refractivity (Wildman–Crippen MR) is 85.8 cm³/mol. The molecule has 1 aliphatic heterocycles. The van der Waals surface area contributed by atoms with Crippen LogP contribution in [0.2, 0.25) is 0 Å². The third-order valence-corrected chi connectivity index (χ3v) is 4.14. The first-order valence-corrected chi connectivity index (χ1v) is 7.98. The summed E-state index contributed by atoms with van der Waals surface area (Å²) in [5.74, 6) is 0. The van der Waals surface area contributed by atoms with Crippen LogP contribution in [0.15, 0.2) is 24.3 Å². The van der Waals surface area contributed by atoms with Crippen LogP contribution in [0.1, 0.15) is 30.4 Å². The monoisotopic (exact) mass is 275 g/mol. The fourth-order valence-electron chi connectivity index (χ4n) is 2.84. The lowest BCUT2D eigenvalue weighted by atomic mass is 10.1. The molecule has 1 fully saturated rings. The molecule has 3 heteroatoms. The van der Waals surface area contributed by atoms with Crippen molar-refractivity contribution in [1.82, 2.24) is 9.80 Å². The molecule has 2 rings (SSSR count). The molecule has 1 heterocycles. The molecule has 0 unspecified atom stereocenters. The van der Waals surface area contributed by atoms with Crippen molar-refractivity contribution >= 4 is 0 Å². The number of benzene rings is 1. The molecule has 0 amide bonds. The number of hydrogen-bond donors (Lipinski definition) is 1. The van der Waals surface area contributed by atoms with E-state index in [9.17, 15) is 0 Å². The Kier molecular flexibility index (Phi) is 6.51. The van der Waals surface area contributed by atoms with E-state index in [4.69, 9.17) is 5.73 Å². The molecule has 2 N–H and O–H groups in total. The molecule has 0 aliphatic carbocycles. The van der Waals surface area contributed by atoms with E-state index in [1.807, 2.05) is 0 Å². The minimum atomic E-state index is 0.827. The molecule has 112 valence electrons. The second-order valence-corrected chi connectivity index (χ2v) is 5.95. The van der Waals surface area contributed by atoms with Crippen molar-refractivity contribution in [1.29, 1.82) is 0 Å². The van der Waals surface area contributed by atoms with E-state index in [1.165, 1.54) is 56.7 Å². The molecule has 1 aliphatic rings. The van der Waals surface area contributed by atoms with Gasteiger partial charge in [-0.2, -0.15) is 0 Å². The van der Waals surface area contributed by atoms with Crippen LogP contribution in [0.4, 0.5) is 0 Å². The summed E-state index contributed by atoms with van der Waals surface area (Å²) in [5.41, 5.74) is 8.35. The SMILES string of the molecule is Cc1ccc(CN2CCCN(CCCCN)CC2)cc1. The molecule has 1 aromatic carbocycles. The van der Waals surface area contributed by atoms with Gasteiger partial charge in [0.1, 0.15) is 0 Å². The van der Waals surface area contributed by atoms with Crippen LogP contribution in [0, 0.1) is 6.92 Å². The molecular weight excluding hydrogens is 246 g/mol. The summed E-state index contributed by atoms with van der Waals surface area (Å²) in [6.45, 7) is 10.2. The van der Waals surface area contributed by atoms with Crippen molar-refractivity contribution < 1.29 is 0 Å². The van der Waals surface area contributed by atoms with Gasteiger partial charge in [0.2, 0.25) is 0 Å². The van der Waals surface area contributed by atoms with Crippen LogP contribution in [-0.2, 0) is 6.54 Å². The fraction of sp³-hybridized carbons (Fsp3) is 0.647. The minimum Gasteiger partial charge on any atom is -0.330 e. The minimum absolute atomic E-state index is 0.827. The summed E-state index contributed by atoms with van der Waals surface area (Å²) in [6, 6.07) is 8.96. The van der Waals surface area contributed by atoms with Gasteiger partial charge in [-0.25, -0.2) is 0 Å². The Morgan fingerprint density at radius 3 is 2.40 bits per heavy atom. The maximum absolute atomic E-state index is 5.57. The van der Waals surface area contributed by atoms with Gasteiger partial charge in [-0.15, -0.1) is 0 Å². The molecule has 0 aromatic heterocycles. The van der Waals surface area contributed by atoms with Gasteiger partial charge in [0.25, 0.3) is 0 Å². The highest BCUT2D eigenvalue weighted by atomic mass is 15.2. The van der Waals surface area contributed by atoms with Crippen LogP contribution in [0.25, 0.3) is 0 Å². The molecule has 0 bridgehead atoms. The van der Waals surface area contributed by atoms with Gasteiger partial charge >= 0.3 is 0 Å². The second kappa shape index (κ2) is 8.40. The number of aryl methyl sites for hydroxylation is 1. The van der Waals surface area contributed by atoms with E-state index in [0.717, 1.165) is 19.5 Å². The van der Waals surface area contributed by atoms with Crippen molar-refractivity contribution in [2.45, 2.75) is 32.7 Å². The second-order valence-electron chi connectivity index (χ2n) is 5.95. The van der Waals surface area contributed by atoms with Crippen LogP contribution < -0.4 is 5.73 Å². The Labute approximate surface area is 123 Å². The summed E-state index contributed by atoms with van der Waals surface area (Å²) in [6.07, 6.45) is 3.69. The highest BCUT2D eigenvalue weighted by Crippen LogP contribution is 2.10. The van der Waals surface area contributed by atoms with Gasteiger partial charge in [0, 0.05) is 19.6 Å². The summed E-state index contributed by atoms with van der Waals surface area (Å²) < 4.78 is 0. The zero-order valence-electron chi connectivity index (χ0n) is 12.9. The molecule has 0 atom stereocenters. The van der Waals surface area contributed by atoms with Crippen LogP contribution in [0.3, 0.4) is 0 Å². The number of rotatable bonds is 6. The van der Waals surface area contributed by atoms with Crippen LogP contribution >= 0.6 is 0 Å². The fourth-order valence-corrected chi connectivity index (χ4v) is 2.84. The Balaban J connectivity index is 1.76. The third kappa shape index (κ3) is 5.23. The highest BCUT2D eigenvalue weighted by molar-refractivity contribution is 5.21. The Bertz CT molecular complexity index is 374. The Morgan fingerprint density at radius 1 is 0.950 bits per heavy atom. The molecule has 0 spiro atoms. The number of nitrogens with zero attached hydrogens (tertiary/aromatic N) is 2. The maximum Gasteiger partial charge on any atom is 0.0234 e. The summed E-state index contributed by atoms with van der Waals surface area (Å²) in [5, 5.41) is 0. The highest BCUT2D eigenvalue weighted by Gasteiger charge is 2.14. The van der Waals surface area contributed by atoms with Crippen molar-refractivity contribution in [3.63, 3.8) is 0 Å². The maximum atomic E-state index is 5.57. The summed E-state index contributed by atoms with van der Waals surface area (Å²) >= 11 is 0. The average Bonchev–Trinajstić information content (AvgIpc) is 2.67. The first-order chi connectivity index (χ1) is 9.78. The van der Waals surface area contributed by atoms with Gasteiger partial charge in [-0.05, 0) is 57.9 Å². The smallest absolute Gasteiger partial charge is 0.0234 e. The van der Waals surface area contributed by atoms with Crippen LogP contribution in [0.5, 0.6) is 0 Å². The van der Waals surface area contributed by atoms with Crippen molar-refractivity contribution in [2.75, 3.05) is 39.3 Å². The average molecular weight is 275 g/mol. The normalized spacial score (nSPS) is 18.1. The first kappa shape index (κ1) is 15.5. The largest absolute Gasteiger partial charge is 0.330 e. The molecule has 1 aromatic rings. The van der Waals surface area contributed by atoms with E-state index in [1.54, 1.807) is 0 Å². The van der Waals surface area contributed by atoms with Gasteiger partial charge in [0.15, 0.2) is 0 Å². The van der Waals surface area contributed by atoms with E-state index in [2.05, 4.69) is 41.0 Å². The van der Waals surface area contributed by atoms with E-state index >= 15 is 0 Å². The van der Waals surface area contributed by atoms with Crippen molar-refractivity contribution in [3.8, 4) is 0 Å². The predicted octanol–water partition coefficient (Wildman–Crippen LogP) is 2.24. The Morgan fingerprint density at radius 2 is 1.65 bits per heavy atom. The standard InChI is InChI=1S/C17H29N3/c1-16-5-7-17(8-6-16)15-20-12-4-11-19(13-14-20)10-3-2-9-18/h5-8H,2-4,9-15,18H2,1H3. The number of hydrogen-bond acceptors (Lipinski definition) is 3. The molecule has 20 heavy (non-hydrogen) atoms. The van der Waals surface area contributed by atoms with Crippen LogP contribution in [-0.4, -0.2) is 49.1 Å². The lowest BCUT2D eigenvalue weighted by Crippen LogP contribution is -2.31. The Hall–Kier alpha value is -0.900. The van der Waals surface area contributed by atoms with Gasteiger partial charge in [-0.1, -0.05) is 29.8 Å². The molecular formula is C17H29N3. The van der Waals surface area contributed by atoms with E-state index in [-0.39, 0.29) is 0 Å². The van der Waals surface area contributed by atoms with Gasteiger partial charge < -0.3 is 10.6 Å². The lowest BCUT2D eigenvalue weighted by molar-refractivity contribution is 0.249. The summed E-state index contributed by atoms with van der Waals surface area (Å²) in [4.78, 5) is 5.19. The van der Waals surface area contributed by atoms with E-state index in [0.29, 0.717) is 0 Å². The van der Waals surface area contributed by atoms with E-state index < -0.39 is 0 Å². The molecule has 0 radical (unpaired) electrons. The number of nitrogens with two attached hydrogens (primary N) is 1. The zero-order chi connectivity index (χ0) is 14.2. The third-order valence-electron chi connectivity index (χ3n) is 4.14. The van der Waals surface area contributed by atoms with Gasteiger partial charge in [-0.3, -0.25) is 4.90 Å². The quantitative estimate of drug-likeness (QED) is 0.808. The van der Waals surface area contributed by atoms with Crippen molar-refractivity contribution in [2.24, 2.45) is 5.73 Å². The lowest BCUT2D eigenvalue weighted by Gasteiger charge is -2.21. The first-order valence-electron chi connectivity index (χ1n) is 7.98. The molecule has 1 saturated heterocycles. The summed E-state index contributed by atoms with van der Waals surface area (Å²) in [7, 11) is 0. The number of unbranched alkanes of at least 4 members (excludes halogenated alkanes) is 1. The molecule has 0 saturated carbocycles. The van der Waals surface area contributed by atoms with Crippen molar-refractivity contribution in [3.05, 3.63) is 35.4 Å².